The molecule has 9 heteroatoms. The maximum atomic E-state index is 13.1. The smallest absolute Gasteiger partial charge is 0.210 e. The molecule has 162 valence electrons. The van der Waals surface area contributed by atoms with Crippen molar-refractivity contribution in [1.82, 2.24) is 0 Å². The minimum Gasteiger partial charge on any atom is -0.396 e. The lowest BCUT2D eigenvalue weighted by Crippen LogP contribution is -2.76. The summed E-state index contributed by atoms with van der Waals surface area (Å²) in [5.74, 6) is -9.79. The van der Waals surface area contributed by atoms with E-state index in [9.17, 15) is 35.1 Å². The first-order valence-electron chi connectivity index (χ1n) is 9.86. The molecule has 9 atom stereocenters. The lowest BCUT2D eigenvalue weighted by molar-refractivity contribution is -0.529. The monoisotopic (exact) mass is 412 g/mol. The summed E-state index contributed by atoms with van der Waals surface area (Å²) in [6, 6.07) is 0. The van der Waals surface area contributed by atoms with E-state index in [4.69, 9.17) is 9.78 Å². The molecule has 4 aliphatic rings. The highest BCUT2D eigenvalue weighted by atomic mass is 17.2. The van der Waals surface area contributed by atoms with E-state index in [-0.39, 0.29) is 5.57 Å². The molecule has 1 saturated heterocycles. The van der Waals surface area contributed by atoms with Crippen molar-refractivity contribution in [2.24, 2.45) is 29.6 Å². The fourth-order valence-electron chi connectivity index (χ4n) is 6.19. The highest BCUT2D eigenvalue weighted by Crippen LogP contribution is 2.63. The molecule has 3 aliphatic carbocycles. The normalized spacial score (nSPS) is 53.8. The Bertz CT molecular complexity index is 806. The summed E-state index contributed by atoms with van der Waals surface area (Å²) in [6.45, 7) is 5.32. The van der Waals surface area contributed by atoms with Gasteiger partial charge in [0.2, 0.25) is 5.79 Å². The lowest BCUT2D eigenvalue weighted by Gasteiger charge is -2.61. The van der Waals surface area contributed by atoms with Crippen molar-refractivity contribution in [2.75, 3.05) is 6.61 Å². The van der Waals surface area contributed by atoms with Crippen LogP contribution in [-0.2, 0) is 19.4 Å². The summed E-state index contributed by atoms with van der Waals surface area (Å²) in [4.78, 5) is 36.6. The van der Waals surface area contributed by atoms with Crippen LogP contribution in [0.25, 0.3) is 0 Å². The van der Waals surface area contributed by atoms with Crippen LogP contribution in [0, 0.1) is 29.6 Å². The van der Waals surface area contributed by atoms with Crippen molar-refractivity contribution < 1.29 is 44.9 Å². The van der Waals surface area contributed by atoms with E-state index in [0.29, 0.717) is 0 Å². The maximum absolute atomic E-state index is 13.1. The van der Waals surface area contributed by atoms with Gasteiger partial charge < -0.3 is 25.5 Å². The van der Waals surface area contributed by atoms with Crippen LogP contribution in [0.5, 0.6) is 0 Å². The van der Waals surface area contributed by atoms with E-state index in [1.807, 2.05) is 0 Å². The standard InChI is InChI=1S/C20H28O9/c1-8-5-11-18(25,16(8)24)6-10(7-21)20(27)15-12(17(3,4)28-29-20)14(23)13(22)9(2)19(11,15)26/h5,9-13,15,21-22,25-27H,6-7H2,1-4H3/t9-,10+,11+,12+,13+,15+,18+,19-,20-/m0/s1. The average Bonchev–Trinajstić information content (AvgIpc) is 2.85. The van der Waals surface area contributed by atoms with Gasteiger partial charge in [0, 0.05) is 17.8 Å². The molecule has 9 nitrogen and oxygen atoms in total. The van der Waals surface area contributed by atoms with Crippen molar-refractivity contribution in [3.8, 4) is 0 Å². The minimum absolute atomic E-state index is 0.232. The number of fused-ring (bicyclic) bond motifs is 2. The number of hydrogen-bond acceptors (Lipinski definition) is 9. The van der Waals surface area contributed by atoms with E-state index < -0.39 is 82.9 Å². The van der Waals surface area contributed by atoms with Crippen LogP contribution in [0.15, 0.2) is 11.6 Å². The van der Waals surface area contributed by atoms with Crippen molar-refractivity contribution in [2.45, 2.75) is 62.8 Å². The first kappa shape index (κ1) is 21.0. The molecule has 1 heterocycles. The van der Waals surface area contributed by atoms with E-state index in [1.54, 1.807) is 0 Å². The fraction of sp³-hybridized carbons (Fsp3) is 0.800. The number of carbonyl (C=O) groups is 2. The Kier molecular flexibility index (Phi) is 4.31. The molecule has 0 aromatic carbocycles. The Hall–Kier alpha value is -1.20. The van der Waals surface area contributed by atoms with Crippen LogP contribution < -0.4 is 0 Å². The van der Waals surface area contributed by atoms with Gasteiger partial charge >= 0.3 is 0 Å². The predicted molar refractivity (Wildman–Crippen MR) is 95.7 cm³/mol. The number of Topliss-reactive ketones (excluding diaryl/α,β-unsaturated/α-hetero) is 2. The van der Waals surface area contributed by atoms with Gasteiger partial charge in [-0.05, 0) is 32.8 Å². The lowest BCUT2D eigenvalue weighted by atomic mass is 9.51. The molecule has 2 saturated carbocycles. The highest BCUT2D eigenvalue weighted by Gasteiger charge is 2.78. The SMILES string of the molecule is CC1=C[C@H]2[C@@]3(O)[C@@H](C)[C@@H](O)C(=O)[C@@H]4[C@H]3[C@@](O)(OOC4(C)C)[C@@H](CO)C[C@]2(O)C1=O. The Morgan fingerprint density at radius 1 is 1.17 bits per heavy atom. The summed E-state index contributed by atoms with van der Waals surface area (Å²) in [5.41, 5.74) is -5.33. The second kappa shape index (κ2) is 5.94. The molecule has 1 aliphatic heterocycles. The molecule has 0 radical (unpaired) electrons. The number of aliphatic hydroxyl groups excluding tert-OH is 2. The van der Waals surface area contributed by atoms with Gasteiger partial charge in [-0.1, -0.05) is 13.0 Å². The largest absolute Gasteiger partial charge is 0.396 e. The quantitative estimate of drug-likeness (QED) is 0.336. The summed E-state index contributed by atoms with van der Waals surface area (Å²) >= 11 is 0. The van der Waals surface area contributed by atoms with Gasteiger partial charge in [-0.2, -0.15) is 4.89 Å². The molecule has 0 amide bonds. The van der Waals surface area contributed by atoms with Crippen LogP contribution in [0.4, 0.5) is 0 Å². The van der Waals surface area contributed by atoms with Crippen molar-refractivity contribution >= 4 is 11.6 Å². The molecule has 0 unspecified atom stereocenters. The molecule has 0 spiro atoms. The molecular weight excluding hydrogens is 384 g/mol. The molecular formula is C20H28O9. The topological polar surface area (TPSA) is 154 Å². The van der Waals surface area contributed by atoms with Gasteiger partial charge in [0.25, 0.3) is 0 Å². The first-order valence-corrected chi connectivity index (χ1v) is 9.86. The van der Waals surface area contributed by atoms with Gasteiger partial charge in [-0.25, -0.2) is 4.89 Å². The molecule has 29 heavy (non-hydrogen) atoms. The zero-order valence-corrected chi connectivity index (χ0v) is 16.8. The van der Waals surface area contributed by atoms with E-state index in [2.05, 4.69) is 0 Å². The predicted octanol–water partition coefficient (Wildman–Crippen LogP) is -1.15. The molecule has 0 aromatic heterocycles. The molecule has 0 aromatic rings. The number of ketones is 2. The van der Waals surface area contributed by atoms with Gasteiger partial charge in [-0.3, -0.25) is 9.59 Å². The molecule has 5 N–H and O–H groups in total. The van der Waals surface area contributed by atoms with Crippen molar-refractivity contribution in [1.29, 1.82) is 0 Å². The maximum Gasteiger partial charge on any atom is 0.210 e. The number of carbonyl (C=O) groups excluding carboxylic acids is 2. The third-order valence-corrected chi connectivity index (χ3v) is 7.76. The van der Waals surface area contributed by atoms with Gasteiger partial charge in [0.15, 0.2) is 11.6 Å². The highest BCUT2D eigenvalue weighted by molar-refractivity contribution is 6.04. The summed E-state index contributed by atoms with van der Waals surface area (Å²) in [5, 5.41) is 55.7. The Morgan fingerprint density at radius 3 is 2.38 bits per heavy atom. The average molecular weight is 412 g/mol. The number of hydrogen-bond donors (Lipinski definition) is 5. The Labute approximate surface area is 167 Å². The van der Waals surface area contributed by atoms with Crippen LogP contribution in [0.3, 0.4) is 0 Å². The second-order valence-corrected chi connectivity index (χ2v) is 9.66. The van der Waals surface area contributed by atoms with E-state index >= 15 is 0 Å². The Morgan fingerprint density at radius 2 is 1.79 bits per heavy atom. The van der Waals surface area contributed by atoms with Crippen molar-refractivity contribution in [3.05, 3.63) is 11.6 Å². The third-order valence-electron chi connectivity index (χ3n) is 7.76. The molecule has 4 rings (SSSR count). The van der Waals surface area contributed by atoms with Crippen LogP contribution >= 0.6 is 0 Å². The zero-order valence-electron chi connectivity index (χ0n) is 16.8. The van der Waals surface area contributed by atoms with Crippen molar-refractivity contribution in [3.63, 3.8) is 0 Å². The summed E-state index contributed by atoms with van der Waals surface area (Å²) in [7, 11) is 0. The minimum atomic E-state index is -2.37. The van der Waals surface area contributed by atoms with Crippen LogP contribution in [0.1, 0.15) is 34.1 Å². The Balaban J connectivity index is 2.05. The summed E-state index contributed by atoms with van der Waals surface area (Å²) < 4.78 is 0. The van der Waals surface area contributed by atoms with Crippen LogP contribution in [-0.4, -0.2) is 72.4 Å². The number of rotatable bonds is 1. The number of aliphatic hydroxyl groups is 5. The summed E-state index contributed by atoms with van der Waals surface area (Å²) in [6.07, 6.45) is -0.587. The third kappa shape index (κ3) is 2.29. The van der Waals surface area contributed by atoms with Gasteiger partial charge in [0.1, 0.15) is 17.3 Å². The zero-order chi connectivity index (χ0) is 21.7. The molecule has 3 fully saturated rings. The van der Waals surface area contributed by atoms with Gasteiger partial charge in [-0.15, -0.1) is 0 Å². The van der Waals surface area contributed by atoms with E-state index in [0.717, 1.165) is 0 Å². The fourth-order valence-corrected chi connectivity index (χ4v) is 6.19. The van der Waals surface area contributed by atoms with Gasteiger partial charge in [0.05, 0.1) is 24.0 Å². The first-order chi connectivity index (χ1) is 13.3. The van der Waals surface area contributed by atoms with E-state index in [1.165, 1.54) is 33.8 Å². The van der Waals surface area contributed by atoms with Crippen LogP contribution in [0.2, 0.25) is 0 Å². The molecule has 0 bridgehead atoms. The second-order valence-electron chi connectivity index (χ2n) is 9.66.